The highest BCUT2D eigenvalue weighted by Crippen LogP contribution is 2.34. The van der Waals surface area contributed by atoms with E-state index in [-0.39, 0.29) is 41.3 Å². The van der Waals surface area contributed by atoms with Gasteiger partial charge < -0.3 is 19.7 Å². The van der Waals surface area contributed by atoms with E-state index in [9.17, 15) is 22.4 Å². The number of hydrogen-bond acceptors (Lipinski definition) is 6. The maximum Gasteiger partial charge on any atom is 0.264 e. The summed E-state index contributed by atoms with van der Waals surface area (Å²) in [7, 11) is -4.35. The number of rotatable bonds is 12. The Morgan fingerprint density at radius 1 is 0.953 bits per heavy atom. The third-order valence-corrected chi connectivity index (χ3v) is 8.81. The molecule has 0 spiro atoms. The van der Waals surface area contributed by atoms with Crippen molar-refractivity contribution < 1.29 is 31.9 Å². The second kappa shape index (κ2) is 13.9. The molecular weight excluding hydrogens is 573 g/mol. The van der Waals surface area contributed by atoms with Crippen LogP contribution in [0.5, 0.6) is 11.5 Å². The Hall–Kier alpha value is -4.12. The topological polar surface area (TPSA) is 105 Å². The van der Waals surface area contributed by atoms with Gasteiger partial charge in [0.2, 0.25) is 11.8 Å². The van der Waals surface area contributed by atoms with Gasteiger partial charge in [0.1, 0.15) is 31.6 Å². The first kappa shape index (κ1) is 31.8. The first-order chi connectivity index (χ1) is 20.5. The average molecular weight is 612 g/mol. The third kappa shape index (κ3) is 7.84. The van der Waals surface area contributed by atoms with E-state index in [0.717, 1.165) is 27.6 Å². The molecule has 230 valence electrons. The first-order valence-corrected chi connectivity index (χ1v) is 15.7. The van der Waals surface area contributed by atoms with Crippen molar-refractivity contribution in [1.29, 1.82) is 0 Å². The minimum Gasteiger partial charge on any atom is -0.486 e. The lowest BCUT2D eigenvalue weighted by atomic mass is 10.1. The number of sulfonamides is 1. The fourth-order valence-electron chi connectivity index (χ4n) is 4.68. The smallest absolute Gasteiger partial charge is 0.264 e. The fourth-order valence-corrected chi connectivity index (χ4v) is 6.11. The Kier molecular flexibility index (Phi) is 10.3. The number of benzene rings is 3. The fraction of sp³-hybridized carbons (Fsp3) is 0.375. The van der Waals surface area contributed by atoms with Crippen LogP contribution in [0.3, 0.4) is 0 Å². The van der Waals surface area contributed by atoms with E-state index in [1.54, 1.807) is 6.92 Å². The number of aryl methyl sites for hydroxylation is 1. The van der Waals surface area contributed by atoms with Gasteiger partial charge in [-0.05, 0) is 61.2 Å². The van der Waals surface area contributed by atoms with Gasteiger partial charge in [0, 0.05) is 19.2 Å². The second-order valence-corrected chi connectivity index (χ2v) is 12.7. The molecule has 2 amide bonds. The normalized spacial score (nSPS) is 13.3. The average Bonchev–Trinajstić information content (AvgIpc) is 2.99. The van der Waals surface area contributed by atoms with E-state index in [0.29, 0.717) is 25.3 Å². The maximum absolute atomic E-state index is 14.1. The molecule has 0 aliphatic carbocycles. The Labute approximate surface area is 252 Å². The molecule has 0 aromatic heterocycles. The minimum atomic E-state index is -4.35. The third-order valence-electron chi connectivity index (χ3n) is 7.04. The summed E-state index contributed by atoms with van der Waals surface area (Å²) >= 11 is 0. The Morgan fingerprint density at radius 3 is 2.23 bits per heavy atom. The lowest BCUT2D eigenvalue weighted by Gasteiger charge is -2.33. The molecule has 0 fully saturated rings. The van der Waals surface area contributed by atoms with Crippen LogP contribution in [-0.2, 0) is 26.2 Å². The molecule has 3 aromatic carbocycles. The molecule has 0 bridgehead atoms. The van der Waals surface area contributed by atoms with Crippen LogP contribution in [0.2, 0.25) is 0 Å². The zero-order chi connectivity index (χ0) is 31.1. The quantitative estimate of drug-likeness (QED) is 0.319. The standard InChI is InChI=1S/C32H38FN3O6S/c1-5-28(32(38)34-19-22(2)3)35(20-24-8-6-23(4)7-9-24)31(37)21-36(26-12-10-25(33)11-13-26)43(39,40)27-14-15-29-30(18-27)42-17-16-41-29/h6-15,18,22,28H,5,16-17,19-21H2,1-4H3,(H,34,38). The Bertz CT molecular complexity index is 1530. The van der Waals surface area contributed by atoms with E-state index in [1.165, 1.54) is 35.2 Å². The highest BCUT2D eigenvalue weighted by molar-refractivity contribution is 7.92. The molecule has 0 radical (unpaired) electrons. The van der Waals surface area contributed by atoms with Gasteiger partial charge in [-0.25, -0.2) is 12.8 Å². The molecule has 1 unspecified atom stereocenters. The van der Waals surface area contributed by atoms with E-state index in [1.807, 2.05) is 45.0 Å². The number of carbonyl (C=O) groups excluding carboxylic acids is 2. The molecule has 1 heterocycles. The zero-order valence-corrected chi connectivity index (χ0v) is 25.7. The van der Waals surface area contributed by atoms with Gasteiger partial charge in [-0.3, -0.25) is 13.9 Å². The highest BCUT2D eigenvalue weighted by atomic mass is 32.2. The molecule has 1 atom stereocenters. The van der Waals surface area contributed by atoms with Crippen molar-refractivity contribution in [3.05, 3.63) is 83.7 Å². The monoisotopic (exact) mass is 611 g/mol. The molecule has 0 saturated heterocycles. The van der Waals surface area contributed by atoms with Gasteiger partial charge >= 0.3 is 0 Å². The van der Waals surface area contributed by atoms with E-state index in [2.05, 4.69) is 5.32 Å². The highest BCUT2D eigenvalue weighted by Gasteiger charge is 2.34. The van der Waals surface area contributed by atoms with Gasteiger partial charge in [0.05, 0.1) is 10.6 Å². The Morgan fingerprint density at radius 2 is 1.60 bits per heavy atom. The lowest BCUT2D eigenvalue weighted by molar-refractivity contribution is -0.140. The SMILES string of the molecule is CCC(C(=O)NCC(C)C)N(Cc1ccc(C)cc1)C(=O)CN(c1ccc(F)cc1)S(=O)(=O)c1ccc2c(c1)OCCO2. The van der Waals surface area contributed by atoms with Crippen molar-refractivity contribution in [2.45, 2.75) is 51.6 Å². The summed E-state index contributed by atoms with van der Waals surface area (Å²) < 4.78 is 54.1. The van der Waals surface area contributed by atoms with Crippen molar-refractivity contribution in [2.75, 3.05) is 30.6 Å². The largest absolute Gasteiger partial charge is 0.486 e. The summed E-state index contributed by atoms with van der Waals surface area (Å²) in [5, 5.41) is 2.91. The van der Waals surface area contributed by atoms with Crippen molar-refractivity contribution in [3.63, 3.8) is 0 Å². The number of hydrogen-bond donors (Lipinski definition) is 1. The minimum absolute atomic E-state index is 0.0913. The maximum atomic E-state index is 14.1. The number of fused-ring (bicyclic) bond motifs is 1. The molecule has 43 heavy (non-hydrogen) atoms. The zero-order valence-electron chi connectivity index (χ0n) is 24.9. The number of amides is 2. The van der Waals surface area contributed by atoms with Gasteiger partial charge in [-0.15, -0.1) is 0 Å². The molecular formula is C32H38FN3O6S. The van der Waals surface area contributed by atoms with Crippen LogP contribution in [0.1, 0.15) is 38.3 Å². The number of halogens is 1. The van der Waals surface area contributed by atoms with Crippen LogP contribution in [0.4, 0.5) is 10.1 Å². The van der Waals surface area contributed by atoms with Crippen molar-refractivity contribution in [1.82, 2.24) is 10.2 Å². The van der Waals surface area contributed by atoms with Crippen LogP contribution in [0.15, 0.2) is 71.6 Å². The molecule has 4 rings (SSSR count). The van der Waals surface area contributed by atoms with Gasteiger partial charge in [0.15, 0.2) is 11.5 Å². The van der Waals surface area contributed by atoms with Crippen LogP contribution >= 0.6 is 0 Å². The number of nitrogens with one attached hydrogen (secondary N) is 1. The van der Waals surface area contributed by atoms with E-state index < -0.39 is 34.3 Å². The van der Waals surface area contributed by atoms with E-state index in [4.69, 9.17) is 9.47 Å². The lowest BCUT2D eigenvalue weighted by Crippen LogP contribution is -2.52. The summed E-state index contributed by atoms with van der Waals surface area (Å²) in [6.45, 7) is 8.21. The molecule has 3 aromatic rings. The van der Waals surface area contributed by atoms with Crippen LogP contribution in [-0.4, -0.2) is 57.5 Å². The predicted octanol–water partition coefficient (Wildman–Crippen LogP) is 4.68. The molecule has 1 aliphatic rings. The van der Waals surface area contributed by atoms with Gasteiger partial charge in [-0.1, -0.05) is 50.6 Å². The van der Waals surface area contributed by atoms with Crippen LogP contribution in [0, 0.1) is 18.7 Å². The molecule has 9 nitrogen and oxygen atoms in total. The Balaban J connectivity index is 1.73. The molecule has 1 aliphatic heterocycles. The molecule has 11 heteroatoms. The summed E-state index contributed by atoms with van der Waals surface area (Å²) in [5.41, 5.74) is 1.92. The van der Waals surface area contributed by atoms with Crippen molar-refractivity contribution >= 4 is 27.5 Å². The van der Waals surface area contributed by atoms with Gasteiger partial charge in [0.25, 0.3) is 10.0 Å². The van der Waals surface area contributed by atoms with E-state index >= 15 is 0 Å². The first-order valence-electron chi connectivity index (χ1n) is 14.3. The number of ether oxygens (including phenoxy) is 2. The van der Waals surface area contributed by atoms with Crippen LogP contribution < -0.4 is 19.1 Å². The summed E-state index contributed by atoms with van der Waals surface area (Å²) in [6.07, 6.45) is 0.312. The summed E-state index contributed by atoms with van der Waals surface area (Å²) in [6, 6.07) is 15.8. The number of nitrogens with zero attached hydrogens (tertiary/aromatic N) is 2. The van der Waals surface area contributed by atoms with Crippen LogP contribution in [0.25, 0.3) is 0 Å². The van der Waals surface area contributed by atoms with Crippen molar-refractivity contribution in [2.24, 2.45) is 5.92 Å². The molecule has 1 N–H and O–H groups in total. The summed E-state index contributed by atoms with van der Waals surface area (Å²) in [5.74, 6) is -0.575. The second-order valence-electron chi connectivity index (χ2n) is 10.9. The predicted molar refractivity (Wildman–Crippen MR) is 162 cm³/mol. The number of carbonyl (C=O) groups is 2. The molecule has 0 saturated carbocycles. The van der Waals surface area contributed by atoms with Crippen molar-refractivity contribution in [3.8, 4) is 11.5 Å². The number of anilines is 1. The summed E-state index contributed by atoms with van der Waals surface area (Å²) in [4.78, 5) is 28.7. The van der Waals surface area contributed by atoms with Gasteiger partial charge in [-0.2, -0.15) is 0 Å².